The van der Waals surface area contributed by atoms with Crippen molar-refractivity contribution in [2.24, 2.45) is 0 Å². The molecule has 0 unspecified atom stereocenters. The Morgan fingerprint density at radius 3 is 2.47 bits per heavy atom. The average molecular weight is 232 g/mol. The zero-order valence-corrected chi connectivity index (χ0v) is 10.5. The highest BCUT2D eigenvalue weighted by Crippen LogP contribution is 2.39. The van der Waals surface area contributed by atoms with E-state index in [0.717, 1.165) is 22.4 Å². The molecule has 0 radical (unpaired) electrons. The van der Waals surface area contributed by atoms with Crippen molar-refractivity contribution in [2.45, 2.75) is 26.8 Å². The predicted molar refractivity (Wildman–Crippen MR) is 65.9 cm³/mol. The number of fused-ring (bicyclic) bond motifs is 1. The summed E-state index contributed by atoms with van der Waals surface area (Å²) in [5.41, 5.74) is 3.93. The molecule has 2 rings (SSSR count). The van der Waals surface area contributed by atoms with Crippen molar-refractivity contribution in [3.63, 3.8) is 0 Å². The molecule has 1 atom stereocenters. The van der Waals surface area contributed by atoms with E-state index in [4.69, 9.17) is 0 Å². The number of rotatable bonds is 1. The van der Waals surface area contributed by atoms with Crippen LogP contribution in [-0.2, 0) is 9.59 Å². The Morgan fingerprint density at radius 2 is 1.88 bits per heavy atom. The normalized spacial score (nSPS) is 18.2. The average Bonchev–Trinajstić information content (AvgIpc) is 2.49. The molecule has 0 aromatic heterocycles. The number of hydrogen-bond donors (Lipinski definition) is 1. The van der Waals surface area contributed by atoms with Crippen LogP contribution in [0.4, 0.5) is 5.69 Å². The summed E-state index contributed by atoms with van der Waals surface area (Å²) < 4.78 is 0. The SMILES string of the molecule is CC(=O)N[C@@H]1C(=O)N(C)c2c(C)ccc(C)c21. The molecule has 0 saturated carbocycles. The molecular formula is C13H16N2O2. The molecular weight excluding hydrogens is 216 g/mol. The van der Waals surface area contributed by atoms with Gasteiger partial charge >= 0.3 is 0 Å². The van der Waals surface area contributed by atoms with Gasteiger partial charge in [-0.3, -0.25) is 9.59 Å². The maximum atomic E-state index is 12.1. The largest absolute Gasteiger partial charge is 0.341 e. The summed E-state index contributed by atoms with van der Waals surface area (Å²) >= 11 is 0. The first-order valence-corrected chi connectivity index (χ1v) is 5.58. The molecule has 4 nitrogen and oxygen atoms in total. The Bertz CT molecular complexity index is 508. The number of nitrogens with one attached hydrogen (secondary N) is 1. The topological polar surface area (TPSA) is 49.4 Å². The van der Waals surface area contributed by atoms with Crippen LogP contribution in [0.3, 0.4) is 0 Å². The number of aryl methyl sites for hydroxylation is 2. The van der Waals surface area contributed by atoms with E-state index in [-0.39, 0.29) is 11.8 Å². The molecule has 0 bridgehead atoms. The molecule has 1 aromatic carbocycles. The standard InChI is InChI=1S/C13H16N2O2/c1-7-5-6-8(2)12-10(7)11(14-9(3)16)13(17)15(12)4/h5-6,11H,1-4H3,(H,14,16)/t11-/m0/s1. The van der Waals surface area contributed by atoms with Crippen molar-refractivity contribution in [1.82, 2.24) is 5.32 Å². The number of anilines is 1. The van der Waals surface area contributed by atoms with Gasteiger partial charge in [0.2, 0.25) is 5.91 Å². The molecule has 2 amide bonds. The van der Waals surface area contributed by atoms with Crippen molar-refractivity contribution in [3.8, 4) is 0 Å². The molecule has 90 valence electrons. The first-order valence-electron chi connectivity index (χ1n) is 5.58. The zero-order chi connectivity index (χ0) is 12.7. The Balaban J connectivity index is 2.59. The van der Waals surface area contributed by atoms with Gasteiger partial charge in [0.1, 0.15) is 6.04 Å². The van der Waals surface area contributed by atoms with Gasteiger partial charge in [0.05, 0.1) is 5.69 Å². The number of likely N-dealkylation sites (N-methyl/N-ethyl adjacent to an activating group) is 1. The van der Waals surface area contributed by atoms with E-state index in [0.29, 0.717) is 0 Å². The van der Waals surface area contributed by atoms with Crippen LogP contribution >= 0.6 is 0 Å². The number of benzene rings is 1. The van der Waals surface area contributed by atoms with Gasteiger partial charge in [-0.05, 0) is 25.0 Å². The van der Waals surface area contributed by atoms with Crippen molar-refractivity contribution in [2.75, 3.05) is 11.9 Å². The summed E-state index contributed by atoms with van der Waals surface area (Å²) in [6.07, 6.45) is 0. The third kappa shape index (κ3) is 1.69. The van der Waals surface area contributed by atoms with Crippen LogP contribution in [0.5, 0.6) is 0 Å². The Kier molecular flexibility index (Phi) is 2.65. The minimum atomic E-state index is -0.535. The lowest BCUT2D eigenvalue weighted by molar-refractivity contribution is -0.125. The molecule has 1 heterocycles. The highest BCUT2D eigenvalue weighted by atomic mass is 16.2. The van der Waals surface area contributed by atoms with Gasteiger partial charge in [-0.25, -0.2) is 0 Å². The highest BCUT2D eigenvalue weighted by Gasteiger charge is 2.37. The van der Waals surface area contributed by atoms with Gasteiger partial charge < -0.3 is 10.2 Å². The zero-order valence-electron chi connectivity index (χ0n) is 10.5. The smallest absolute Gasteiger partial charge is 0.254 e. The minimum Gasteiger partial charge on any atom is -0.341 e. The second-order valence-electron chi connectivity index (χ2n) is 4.49. The molecule has 0 saturated heterocycles. The van der Waals surface area contributed by atoms with Gasteiger partial charge in [-0.15, -0.1) is 0 Å². The molecule has 17 heavy (non-hydrogen) atoms. The van der Waals surface area contributed by atoms with E-state index >= 15 is 0 Å². The molecule has 4 heteroatoms. The Morgan fingerprint density at radius 1 is 1.29 bits per heavy atom. The lowest BCUT2D eigenvalue weighted by Gasteiger charge is -2.13. The lowest BCUT2D eigenvalue weighted by atomic mass is 9.99. The van der Waals surface area contributed by atoms with E-state index in [1.807, 2.05) is 26.0 Å². The number of carbonyl (C=O) groups excluding carboxylic acids is 2. The molecule has 0 spiro atoms. The molecule has 0 aliphatic carbocycles. The molecule has 1 N–H and O–H groups in total. The highest BCUT2D eigenvalue weighted by molar-refractivity contribution is 6.06. The maximum absolute atomic E-state index is 12.1. The number of nitrogens with zero attached hydrogens (tertiary/aromatic N) is 1. The fourth-order valence-electron chi connectivity index (χ4n) is 2.39. The van der Waals surface area contributed by atoms with Crippen LogP contribution in [0.25, 0.3) is 0 Å². The van der Waals surface area contributed by atoms with Gasteiger partial charge in [0.15, 0.2) is 0 Å². The summed E-state index contributed by atoms with van der Waals surface area (Å²) in [6, 6.07) is 3.44. The summed E-state index contributed by atoms with van der Waals surface area (Å²) in [6.45, 7) is 5.36. The van der Waals surface area contributed by atoms with E-state index < -0.39 is 6.04 Å². The van der Waals surface area contributed by atoms with Crippen LogP contribution < -0.4 is 10.2 Å². The first kappa shape index (κ1) is 11.6. The molecule has 1 aromatic rings. The number of hydrogen-bond acceptors (Lipinski definition) is 2. The van der Waals surface area contributed by atoms with Crippen LogP contribution in [0.1, 0.15) is 29.7 Å². The van der Waals surface area contributed by atoms with Gasteiger partial charge in [0, 0.05) is 19.5 Å². The third-order valence-corrected chi connectivity index (χ3v) is 3.19. The van der Waals surface area contributed by atoms with Gasteiger partial charge in [0.25, 0.3) is 5.91 Å². The van der Waals surface area contributed by atoms with E-state index in [9.17, 15) is 9.59 Å². The third-order valence-electron chi connectivity index (χ3n) is 3.19. The fourth-order valence-corrected chi connectivity index (χ4v) is 2.39. The van der Waals surface area contributed by atoms with Crippen LogP contribution in [0.15, 0.2) is 12.1 Å². The fraction of sp³-hybridized carbons (Fsp3) is 0.385. The first-order chi connectivity index (χ1) is 7.93. The van der Waals surface area contributed by atoms with Crippen LogP contribution in [0, 0.1) is 13.8 Å². The minimum absolute atomic E-state index is 0.0763. The molecule has 0 fully saturated rings. The van der Waals surface area contributed by atoms with Crippen molar-refractivity contribution < 1.29 is 9.59 Å². The van der Waals surface area contributed by atoms with E-state index in [1.165, 1.54) is 6.92 Å². The summed E-state index contributed by atoms with van der Waals surface area (Å²) in [7, 11) is 1.75. The van der Waals surface area contributed by atoms with Crippen molar-refractivity contribution >= 4 is 17.5 Å². The van der Waals surface area contributed by atoms with Crippen LogP contribution in [-0.4, -0.2) is 18.9 Å². The number of amides is 2. The van der Waals surface area contributed by atoms with Gasteiger partial charge in [-0.1, -0.05) is 12.1 Å². The second kappa shape index (κ2) is 3.87. The number of carbonyl (C=O) groups is 2. The summed E-state index contributed by atoms with van der Waals surface area (Å²) in [5.74, 6) is -0.266. The summed E-state index contributed by atoms with van der Waals surface area (Å²) in [5, 5.41) is 2.72. The second-order valence-corrected chi connectivity index (χ2v) is 4.49. The summed E-state index contributed by atoms with van der Waals surface area (Å²) in [4.78, 5) is 24.9. The van der Waals surface area contributed by atoms with Crippen molar-refractivity contribution in [3.05, 3.63) is 28.8 Å². The maximum Gasteiger partial charge on any atom is 0.254 e. The van der Waals surface area contributed by atoms with E-state index in [1.54, 1.807) is 11.9 Å². The van der Waals surface area contributed by atoms with Gasteiger partial charge in [-0.2, -0.15) is 0 Å². The Labute approximate surface area is 101 Å². The van der Waals surface area contributed by atoms with Crippen molar-refractivity contribution in [1.29, 1.82) is 0 Å². The quantitative estimate of drug-likeness (QED) is 0.796. The predicted octanol–water partition coefficient (Wildman–Crippen LogP) is 1.46. The van der Waals surface area contributed by atoms with E-state index in [2.05, 4.69) is 5.32 Å². The Hall–Kier alpha value is -1.84. The molecule has 1 aliphatic heterocycles. The monoisotopic (exact) mass is 232 g/mol. The van der Waals surface area contributed by atoms with Crippen LogP contribution in [0.2, 0.25) is 0 Å². The molecule has 1 aliphatic rings. The lowest BCUT2D eigenvalue weighted by Crippen LogP contribution is -2.34.